The monoisotopic (exact) mass is 244 g/mol. The smallest absolute Gasteiger partial charge is 0.156 e. The normalized spacial score (nSPS) is 22.9. The molecule has 1 aromatic rings. The van der Waals surface area contributed by atoms with Gasteiger partial charge in [0.2, 0.25) is 0 Å². The van der Waals surface area contributed by atoms with Crippen LogP contribution in [0, 0.1) is 5.92 Å². The molecule has 1 atom stereocenters. The number of hydrogen-bond donors (Lipinski definition) is 1. The van der Waals surface area contributed by atoms with Crippen LogP contribution in [0.4, 0.5) is 5.69 Å². The zero-order valence-electron chi connectivity index (χ0n) is 10.7. The Morgan fingerprint density at radius 2 is 2.28 bits per heavy atom. The van der Waals surface area contributed by atoms with Gasteiger partial charge in [-0.2, -0.15) is 0 Å². The van der Waals surface area contributed by atoms with Gasteiger partial charge in [0.1, 0.15) is 0 Å². The lowest BCUT2D eigenvalue weighted by Crippen LogP contribution is -2.39. The number of nitrogens with zero attached hydrogens (tertiary/aromatic N) is 1. The number of carbonyl (C=O) groups is 1. The van der Waals surface area contributed by atoms with E-state index >= 15 is 0 Å². The van der Waals surface area contributed by atoms with Crippen molar-refractivity contribution in [1.82, 2.24) is 5.32 Å². The molecule has 0 spiro atoms. The van der Waals surface area contributed by atoms with Crippen LogP contribution in [0.2, 0.25) is 0 Å². The van der Waals surface area contributed by atoms with Gasteiger partial charge in [0.05, 0.1) is 6.54 Å². The van der Waals surface area contributed by atoms with Crippen molar-refractivity contribution in [2.45, 2.75) is 19.3 Å². The maximum absolute atomic E-state index is 12.3. The van der Waals surface area contributed by atoms with Gasteiger partial charge in [-0.3, -0.25) is 4.79 Å². The first kappa shape index (κ1) is 11.7. The van der Waals surface area contributed by atoms with Crippen LogP contribution in [0.3, 0.4) is 0 Å². The van der Waals surface area contributed by atoms with E-state index in [9.17, 15) is 4.79 Å². The van der Waals surface area contributed by atoms with Gasteiger partial charge in [-0.1, -0.05) is 18.2 Å². The van der Waals surface area contributed by atoms with Gasteiger partial charge in [-0.05, 0) is 37.4 Å². The predicted octanol–water partition coefficient (Wildman–Crippen LogP) is 1.62. The number of rotatable bonds is 3. The highest BCUT2D eigenvalue weighted by Gasteiger charge is 2.25. The minimum absolute atomic E-state index is 0.228. The Labute approximate surface area is 108 Å². The highest BCUT2D eigenvalue weighted by molar-refractivity contribution is 5.86. The average molecular weight is 244 g/mol. The molecule has 1 N–H and O–H groups in total. The summed E-state index contributed by atoms with van der Waals surface area (Å²) in [5.41, 5.74) is 2.64. The fourth-order valence-electron chi connectivity index (χ4n) is 3.01. The number of benzene rings is 1. The van der Waals surface area contributed by atoms with Crippen molar-refractivity contribution in [2.75, 3.05) is 31.1 Å². The summed E-state index contributed by atoms with van der Waals surface area (Å²) in [6.45, 7) is 3.51. The summed E-state index contributed by atoms with van der Waals surface area (Å²) in [6, 6.07) is 8.44. The Balaban J connectivity index is 1.65. The molecule has 1 unspecified atom stereocenters. The van der Waals surface area contributed by atoms with Crippen molar-refractivity contribution in [3.05, 3.63) is 29.8 Å². The molecule has 1 fully saturated rings. The number of fused-ring (bicyclic) bond motifs is 1. The Bertz CT molecular complexity index is 438. The topological polar surface area (TPSA) is 32.3 Å². The molecule has 0 radical (unpaired) electrons. The molecule has 0 aliphatic carbocycles. The van der Waals surface area contributed by atoms with Crippen LogP contribution in [-0.2, 0) is 11.2 Å². The number of ketones is 1. The Morgan fingerprint density at radius 3 is 3.11 bits per heavy atom. The molecular formula is C15H20N2O. The molecule has 3 rings (SSSR count). The van der Waals surface area contributed by atoms with Gasteiger partial charge in [-0.25, -0.2) is 0 Å². The zero-order valence-corrected chi connectivity index (χ0v) is 10.7. The van der Waals surface area contributed by atoms with Gasteiger partial charge < -0.3 is 10.2 Å². The summed E-state index contributed by atoms with van der Waals surface area (Å²) in [5, 5.41) is 3.32. The number of hydrogen-bond acceptors (Lipinski definition) is 3. The Kier molecular flexibility index (Phi) is 3.33. The third-order valence-electron chi connectivity index (χ3n) is 4.08. The Morgan fingerprint density at radius 1 is 1.39 bits per heavy atom. The molecule has 96 valence electrons. The van der Waals surface area contributed by atoms with Crippen LogP contribution in [0.25, 0.3) is 0 Å². The summed E-state index contributed by atoms with van der Waals surface area (Å²) in [5.74, 6) is 0.630. The molecule has 0 amide bonds. The molecule has 0 aromatic heterocycles. The van der Waals surface area contributed by atoms with Crippen LogP contribution in [0.1, 0.15) is 18.4 Å². The van der Waals surface area contributed by atoms with E-state index in [-0.39, 0.29) is 5.92 Å². The third-order valence-corrected chi connectivity index (χ3v) is 4.08. The average Bonchev–Trinajstić information content (AvgIpc) is 2.83. The van der Waals surface area contributed by atoms with E-state index in [0.717, 1.165) is 38.9 Å². The molecule has 2 heterocycles. The fourth-order valence-corrected chi connectivity index (χ4v) is 3.01. The molecule has 3 heteroatoms. The van der Waals surface area contributed by atoms with Crippen molar-refractivity contribution in [1.29, 1.82) is 0 Å². The van der Waals surface area contributed by atoms with E-state index in [1.54, 1.807) is 0 Å². The lowest BCUT2D eigenvalue weighted by Gasteiger charge is -2.25. The fraction of sp³-hybridized carbons (Fsp3) is 0.533. The second-order valence-electron chi connectivity index (χ2n) is 5.31. The number of carbonyl (C=O) groups excluding carboxylic acids is 1. The minimum Gasteiger partial charge on any atom is -0.364 e. The number of Topliss-reactive ketones (excluding diaryl/α,β-unsaturated/α-hetero) is 1. The van der Waals surface area contributed by atoms with Gasteiger partial charge in [-0.15, -0.1) is 0 Å². The van der Waals surface area contributed by atoms with E-state index in [1.807, 2.05) is 0 Å². The Hall–Kier alpha value is -1.35. The quantitative estimate of drug-likeness (QED) is 0.877. The molecule has 1 saturated heterocycles. The molecular weight excluding hydrogens is 224 g/mol. The number of nitrogens with one attached hydrogen (secondary N) is 1. The van der Waals surface area contributed by atoms with Crippen LogP contribution in [-0.4, -0.2) is 32.0 Å². The van der Waals surface area contributed by atoms with Crippen molar-refractivity contribution < 1.29 is 4.79 Å². The van der Waals surface area contributed by atoms with Crippen LogP contribution in [0.15, 0.2) is 24.3 Å². The van der Waals surface area contributed by atoms with Crippen molar-refractivity contribution in [3.8, 4) is 0 Å². The van der Waals surface area contributed by atoms with Crippen LogP contribution >= 0.6 is 0 Å². The first-order chi connectivity index (χ1) is 8.84. The van der Waals surface area contributed by atoms with E-state index < -0.39 is 0 Å². The van der Waals surface area contributed by atoms with Crippen LogP contribution < -0.4 is 10.2 Å². The summed E-state index contributed by atoms with van der Waals surface area (Å²) in [4.78, 5) is 14.5. The highest BCUT2D eigenvalue weighted by Crippen LogP contribution is 2.27. The maximum Gasteiger partial charge on any atom is 0.156 e. The molecule has 3 nitrogen and oxygen atoms in total. The van der Waals surface area contributed by atoms with Gasteiger partial charge in [0.25, 0.3) is 0 Å². The first-order valence-electron chi connectivity index (χ1n) is 6.91. The third kappa shape index (κ3) is 2.27. The second kappa shape index (κ2) is 5.11. The molecule has 0 saturated carbocycles. The van der Waals surface area contributed by atoms with Crippen molar-refractivity contribution >= 4 is 11.5 Å². The molecule has 1 aromatic carbocycles. The molecule has 2 aliphatic heterocycles. The highest BCUT2D eigenvalue weighted by atomic mass is 16.1. The van der Waals surface area contributed by atoms with Gasteiger partial charge in [0.15, 0.2) is 5.78 Å². The predicted molar refractivity (Wildman–Crippen MR) is 73.0 cm³/mol. The van der Waals surface area contributed by atoms with Gasteiger partial charge >= 0.3 is 0 Å². The standard InChI is InChI=1S/C15H20N2O/c18-15(13-5-3-8-16-10-13)11-17-9-7-12-4-1-2-6-14(12)17/h1-2,4,6,13,16H,3,5,7-11H2. The number of para-hydroxylation sites is 1. The van der Waals surface area contributed by atoms with E-state index in [1.165, 1.54) is 11.3 Å². The molecule has 0 bridgehead atoms. The lowest BCUT2D eigenvalue weighted by atomic mass is 9.95. The summed E-state index contributed by atoms with van der Waals surface area (Å²) in [7, 11) is 0. The number of piperidine rings is 1. The zero-order chi connectivity index (χ0) is 12.4. The first-order valence-corrected chi connectivity index (χ1v) is 6.91. The second-order valence-corrected chi connectivity index (χ2v) is 5.31. The van der Waals surface area contributed by atoms with E-state index in [2.05, 4.69) is 34.5 Å². The van der Waals surface area contributed by atoms with E-state index in [0.29, 0.717) is 12.3 Å². The number of anilines is 1. The minimum atomic E-state index is 0.228. The summed E-state index contributed by atoms with van der Waals surface area (Å²) < 4.78 is 0. The summed E-state index contributed by atoms with van der Waals surface area (Å²) in [6.07, 6.45) is 3.26. The maximum atomic E-state index is 12.3. The lowest BCUT2D eigenvalue weighted by molar-refractivity contribution is -0.122. The van der Waals surface area contributed by atoms with Crippen molar-refractivity contribution in [3.63, 3.8) is 0 Å². The molecule has 18 heavy (non-hydrogen) atoms. The SMILES string of the molecule is O=C(CN1CCc2ccccc21)C1CCCNC1. The molecule has 2 aliphatic rings. The van der Waals surface area contributed by atoms with Crippen molar-refractivity contribution in [2.24, 2.45) is 5.92 Å². The van der Waals surface area contributed by atoms with Crippen LogP contribution in [0.5, 0.6) is 0 Å². The summed E-state index contributed by atoms with van der Waals surface area (Å²) >= 11 is 0. The largest absolute Gasteiger partial charge is 0.364 e. The van der Waals surface area contributed by atoms with E-state index in [4.69, 9.17) is 0 Å². The van der Waals surface area contributed by atoms with Gasteiger partial charge in [0, 0.05) is 24.7 Å².